The van der Waals surface area contributed by atoms with Crippen molar-refractivity contribution >= 4 is 34.9 Å². The van der Waals surface area contributed by atoms with Crippen LogP contribution in [-0.2, 0) is 4.74 Å². The molecular formula is C25H26ClN3O5. The molecule has 34 heavy (non-hydrogen) atoms. The maximum Gasteiger partial charge on any atom is 0.233 e. The maximum absolute atomic E-state index is 6.10. The number of hydrogen-bond acceptors (Lipinski definition) is 8. The molecule has 0 saturated carbocycles. The Labute approximate surface area is 204 Å². The second-order valence-corrected chi connectivity index (χ2v) is 7.00. The summed E-state index contributed by atoms with van der Waals surface area (Å²) in [5, 5.41) is 4.20. The molecule has 0 saturated heterocycles. The standard InChI is InChI=1S/C25H25N3O5.ClH/c1-29-20-13-14-21(30-2)23(31-3)22(20)24(32-4)33-18-11-9-17(10-12-18)27-25-26-15-16-7-5-6-8-19(16)28-25;/h5-15,24H,1-4H3,(H,26,27,28);1H. The molecule has 3 aromatic carbocycles. The van der Waals surface area contributed by atoms with Gasteiger partial charge in [-0.2, -0.15) is 0 Å². The van der Waals surface area contributed by atoms with Crippen molar-refractivity contribution in [2.24, 2.45) is 0 Å². The van der Waals surface area contributed by atoms with Gasteiger partial charge >= 0.3 is 0 Å². The van der Waals surface area contributed by atoms with Crippen LogP contribution in [0.25, 0.3) is 10.9 Å². The monoisotopic (exact) mass is 483 g/mol. The van der Waals surface area contributed by atoms with Gasteiger partial charge in [-0.1, -0.05) is 18.2 Å². The van der Waals surface area contributed by atoms with Crippen molar-refractivity contribution < 1.29 is 23.7 Å². The summed E-state index contributed by atoms with van der Waals surface area (Å²) in [7, 11) is 6.26. The van der Waals surface area contributed by atoms with Crippen molar-refractivity contribution in [2.75, 3.05) is 33.8 Å². The highest BCUT2D eigenvalue weighted by molar-refractivity contribution is 5.85. The van der Waals surface area contributed by atoms with Crippen molar-refractivity contribution in [3.63, 3.8) is 0 Å². The maximum atomic E-state index is 6.10. The normalized spacial score (nSPS) is 11.3. The highest BCUT2D eigenvalue weighted by Crippen LogP contribution is 2.43. The lowest BCUT2D eigenvalue weighted by Crippen LogP contribution is -2.13. The van der Waals surface area contributed by atoms with Gasteiger partial charge in [-0.15, -0.1) is 12.4 Å². The molecule has 0 bridgehead atoms. The molecule has 0 radical (unpaired) electrons. The summed E-state index contributed by atoms with van der Waals surface area (Å²) in [5.74, 6) is 2.71. The zero-order valence-corrected chi connectivity index (χ0v) is 20.1. The first-order valence-electron chi connectivity index (χ1n) is 10.2. The molecule has 0 spiro atoms. The minimum atomic E-state index is -0.785. The summed E-state index contributed by atoms with van der Waals surface area (Å²) < 4.78 is 28.2. The Bertz CT molecular complexity index is 1240. The fourth-order valence-corrected chi connectivity index (χ4v) is 3.46. The highest BCUT2D eigenvalue weighted by atomic mass is 35.5. The minimum Gasteiger partial charge on any atom is -0.496 e. The molecule has 0 fully saturated rings. The molecule has 8 nitrogen and oxygen atoms in total. The van der Waals surface area contributed by atoms with E-state index in [0.717, 1.165) is 16.6 Å². The number of anilines is 2. The minimum absolute atomic E-state index is 0. The van der Waals surface area contributed by atoms with Crippen LogP contribution < -0.4 is 24.3 Å². The lowest BCUT2D eigenvalue weighted by Gasteiger charge is -2.23. The second kappa shape index (κ2) is 11.4. The van der Waals surface area contributed by atoms with Crippen LogP contribution in [0.2, 0.25) is 0 Å². The van der Waals surface area contributed by atoms with E-state index < -0.39 is 6.29 Å². The Kier molecular flexibility index (Phi) is 8.34. The number of hydrogen-bond donors (Lipinski definition) is 1. The predicted molar refractivity (Wildman–Crippen MR) is 133 cm³/mol. The SMILES string of the molecule is COc1ccc(OC)c(C(OC)Oc2ccc(Nc3ncc4ccccc4n3)cc2)c1OC.Cl. The Balaban J connectivity index is 0.00000324. The van der Waals surface area contributed by atoms with E-state index in [1.165, 1.54) is 0 Å². The molecule has 4 rings (SSSR count). The summed E-state index contributed by atoms with van der Waals surface area (Å²) in [6.07, 6.45) is 1.01. The molecule has 0 aliphatic rings. The van der Waals surface area contributed by atoms with E-state index in [1.54, 1.807) is 46.8 Å². The van der Waals surface area contributed by atoms with Crippen LogP contribution in [0.1, 0.15) is 11.9 Å². The van der Waals surface area contributed by atoms with Gasteiger partial charge in [0.1, 0.15) is 17.1 Å². The molecule has 1 N–H and O–H groups in total. The van der Waals surface area contributed by atoms with Gasteiger partial charge in [-0.3, -0.25) is 0 Å². The number of fused-ring (bicyclic) bond motifs is 1. The van der Waals surface area contributed by atoms with E-state index in [-0.39, 0.29) is 12.4 Å². The first-order chi connectivity index (χ1) is 16.2. The summed E-state index contributed by atoms with van der Waals surface area (Å²) in [6, 6.07) is 18.8. The summed E-state index contributed by atoms with van der Waals surface area (Å²) in [4.78, 5) is 8.90. The van der Waals surface area contributed by atoms with Gasteiger partial charge in [0.05, 0.1) is 26.8 Å². The largest absolute Gasteiger partial charge is 0.496 e. The van der Waals surface area contributed by atoms with E-state index in [1.807, 2.05) is 48.5 Å². The Morgan fingerprint density at radius 3 is 2.18 bits per heavy atom. The Morgan fingerprint density at radius 1 is 0.794 bits per heavy atom. The molecule has 1 heterocycles. The van der Waals surface area contributed by atoms with Crippen LogP contribution in [0.15, 0.2) is 66.9 Å². The Hall–Kier alpha value is -3.75. The summed E-state index contributed by atoms with van der Waals surface area (Å²) in [5.41, 5.74) is 2.29. The molecule has 4 aromatic rings. The van der Waals surface area contributed by atoms with Gasteiger partial charge in [0, 0.05) is 24.4 Å². The predicted octanol–water partition coefficient (Wildman–Crippen LogP) is 5.55. The molecular weight excluding hydrogens is 458 g/mol. The number of nitrogens with one attached hydrogen (secondary N) is 1. The van der Waals surface area contributed by atoms with Crippen molar-refractivity contribution in [1.29, 1.82) is 0 Å². The third-order valence-corrected chi connectivity index (χ3v) is 5.06. The lowest BCUT2D eigenvalue weighted by atomic mass is 10.1. The third kappa shape index (κ3) is 5.24. The fraction of sp³-hybridized carbons (Fsp3) is 0.200. The van der Waals surface area contributed by atoms with Crippen LogP contribution >= 0.6 is 12.4 Å². The van der Waals surface area contributed by atoms with Gasteiger partial charge in [0.25, 0.3) is 0 Å². The fourth-order valence-electron chi connectivity index (χ4n) is 3.46. The highest BCUT2D eigenvalue weighted by Gasteiger charge is 2.26. The van der Waals surface area contributed by atoms with Gasteiger partial charge in [-0.25, -0.2) is 9.97 Å². The van der Waals surface area contributed by atoms with Crippen LogP contribution in [0.3, 0.4) is 0 Å². The molecule has 0 aliphatic carbocycles. The number of para-hydroxylation sites is 1. The van der Waals surface area contributed by atoms with Gasteiger partial charge in [-0.05, 0) is 42.5 Å². The molecule has 9 heteroatoms. The lowest BCUT2D eigenvalue weighted by molar-refractivity contribution is -0.0589. The third-order valence-electron chi connectivity index (χ3n) is 5.06. The number of halogens is 1. The van der Waals surface area contributed by atoms with Gasteiger partial charge in [0.15, 0.2) is 11.5 Å². The molecule has 1 unspecified atom stereocenters. The first kappa shape index (κ1) is 24.9. The number of nitrogens with zero attached hydrogens (tertiary/aromatic N) is 2. The summed E-state index contributed by atoms with van der Waals surface area (Å²) >= 11 is 0. The smallest absolute Gasteiger partial charge is 0.233 e. The van der Waals surface area contributed by atoms with Gasteiger partial charge < -0.3 is 29.0 Å². The zero-order valence-electron chi connectivity index (χ0n) is 19.3. The number of ether oxygens (including phenoxy) is 5. The molecule has 1 atom stereocenters. The van der Waals surface area contributed by atoms with E-state index >= 15 is 0 Å². The van der Waals surface area contributed by atoms with E-state index in [4.69, 9.17) is 23.7 Å². The Morgan fingerprint density at radius 2 is 1.50 bits per heavy atom. The van der Waals surface area contributed by atoms with Crippen molar-refractivity contribution in [2.45, 2.75) is 6.29 Å². The molecule has 1 aromatic heterocycles. The second-order valence-electron chi connectivity index (χ2n) is 7.00. The van der Waals surface area contributed by atoms with Crippen molar-refractivity contribution in [1.82, 2.24) is 9.97 Å². The first-order valence-corrected chi connectivity index (χ1v) is 10.2. The van der Waals surface area contributed by atoms with Crippen LogP contribution in [-0.4, -0.2) is 38.4 Å². The van der Waals surface area contributed by atoms with E-state index in [9.17, 15) is 0 Å². The quantitative estimate of drug-likeness (QED) is 0.310. The van der Waals surface area contributed by atoms with Crippen LogP contribution in [0, 0.1) is 0 Å². The van der Waals surface area contributed by atoms with Gasteiger partial charge in [0.2, 0.25) is 12.2 Å². The average molecular weight is 484 g/mol. The molecule has 178 valence electrons. The summed E-state index contributed by atoms with van der Waals surface area (Å²) in [6.45, 7) is 0. The van der Waals surface area contributed by atoms with Crippen molar-refractivity contribution in [3.05, 3.63) is 72.4 Å². The van der Waals surface area contributed by atoms with Crippen LogP contribution in [0.5, 0.6) is 23.0 Å². The molecule has 0 amide bonds. The zero-order chi connectivity index (χ0) is 23.2. The van der Waals surface area contributed by atoms with E-state index in [2.05, 4.69) is 15.3 Å². The number of benzene rings is 3. The molecule has 0 aliphatic heterocycles. The number of methoxy groups -OCH3 is 4. The topological polar surface area (TPSA) is 84.0 Å². The number of rotatable bonds is 9. The average Bonchev–Trinajstić information content (AvgIpc) is 2.87. The number of aromatic nitrogens is 2. The van der Waals surface area contributed by atoms with E-state index in [0.29, 0.717) is 34.5 Å². The van der Waals surface area contributed by atoms with Crippen LogP contribution in [0.4, 0.5) is 11.6 Å². The van der Waals surface area contributed by atoms with Crippen molar-refractivity contribution in [3.8, 4) is 23.0 Å².